The summed E-state index contributed by atoms with van der Waals surface area (Å²) in [5.74, 6) is 0.635. The number of hydrogen-bond acceptors (Lipinski definition) is 3. The van der Waals surface area contributed by atoms with Crippen molar-refractivity contribution in [3.05, 3.63) is 35.4 Å². The quantitative estimate of drug-likeness (QED) is 0.713. The van der Waals surface area contributed by atoms with Gasteiger partial charge in [0.05, 0.1) is 11.5 Å². The van der Waals surface area contributed by atoms with Crippen LogP contribution in [0.5, 0.6) is 0 Å². The van der Waals surface area contributed by atoms with Crippen molar-refractivity contribution in [2.24, 2.45) is 0 Å². The number of aldehydes is 1. The molecule has 1 aliphatic rings. The third-order valence-electron chi connectivity index (χ3n) is 2.78. The van der Waals surface area contributed by atoms with Crippen molar-refractivity contribution >= 4 is 16.1 Å². The van der Waals surface area contributed by atoms with Gasteiger partial charge in [0.1, 0.15) is 6.29 Å². The van der Waals surface area contributed by atoms with Crippen molar-refractivity contribution < 1.29 is 13.2 Å². The van der Waals surface area contributed by atoms with E-state index in [-0.39, 0.29) is 17.4 Å². The van der Waals surface area contributed by atoms with Crippen molar-refractivity contribution in [1.82, 2.24) is 0 Å². The molecule has 1 fully saturated rings. The summed E-state index contributed by atoms with van der Waals surface area (Å²) in [5.41, 5.74) is 1.64. The maximum atomic E-state index is 11.3. The predicted octanol–water partition coefficient (Wildman–Crippen LogP) is 1.40. The van der Waals surface area contributed by atoms with E-state index in [1.54, 1.807) is 12.1 Å². The SMILES string of the molecule is O=Cc1ccc([C@H]2CCS(=O)(=O)C2)cc1. The second kappa shape index (κ2) is 3.77. The Hall–Kier alpha value is -1.16. The minimum Gasteiger partial charge on any atom is -0.298 e. The lowest BCUT2D eigenvalue weighted by molar-refractivity contribution is 0.112. The fourth-order valence-corrected chi connectivity index (χ4v) is 3.69. The van der Waals surface area contributed by atoms with Gasteiger partial charge in [-0.3, -0.25) is 4.79 Å². The van der Waals surface area contributed by atoms with Gasteiger partial charge in [-0.05, 0) is 17.9 Å². The van der Waals surface area contributed by atoms with Crippen molar-refractivity contribution in [1.29, 1.82) is 0 Å². The fourth-order valence-electron chi connectivity index (χ4n) is 1.90. The molecule has 0 radical (unpaired) electrons. The van der Waals surface area contributed by atoms with Crippen molar-refractivity contribution in [3.8, 4) is 0 Å². The van der Waals surface area contributed by atoms with E-state index < -0.39 is 9.84 Å². The first-order valence-corrected chi connectivity index (χ1v) is 6.68. The molecule has 1 aromatic carbocycles. The number of benzene rings is 1. The van der Waals surface area contributed by atoms with Crippen LogP contribution >= 0.6 is 0 Å². The first-order chi connectivity index (χ1) is 7.11. The molecule has 0 bridgehead atoms. The largest absolute Gasteiger partial charge is 0.298 e. The lowest BCUT2D eigenvalue weighted by Gasteiger charge is -2.07. The lowest BCUT2D eigenvalue weighted by atomic mass is 9.98. The minimum atomic E-state index is -2.83. The second-order valence-electron chi connectivity index (χ2n) is 3.88. The van der Waals surface area contributed by atoms with Gasteiger partial charge in [-0.25, -0.2) is 8.42 Å². The van der Waals surface area contributed by atoms with E-state index in [1.807, 2.05) is 12.1 Å². The zero-order valence-electron chi connectivity index (χ0n) is 8.22. The van der Waals surface area contributed by atoms with E-state index in [0.29, 0.717) is 12.0 Å². The Morgan fingerprint density at radius 3 is 2.33 bits per heavy atom. The summed E-state index contributed by atoms with van der Waals surface area (Å²) in [5, 5.41) is 0. The molecule has 4 heteroatoms. The Balaban J connectivity index is 2.21. The summed E-state index contributed by atoms with van der Waals surface area (Å²) in [4.78, 5) is 10.4. The molecule has 1 atom stereocenters. The number of sulfone groups is 1. The first kappa shape index (κ1) is 10.4. The van der Waals surface area contributed by atoms with Gasteiger partial charge < -0.3 is 0 Å². The van der Waals surface area contributed by atoms with Crippen LogP contribution in [0.1, 0.15) is 28.3 Å². The van der Waals surface area contributed by atoms with Crippen molar-refractivity contribution in [2.45, 2.75) is 12.3 Å². The molecule has 0 N–H and O–H groups in total. The van der Waals surface area contributed by atoms with Gasteiger partial charge in [-0.15, -0.1) is 0 Å². The molecule has 0 aromatic heterocycles. The van der Waals surface area contributed by atoms with Gasteiger partial charge in [-0.1, -0.05) is 24.3 Å². The van der Waals surface area contributed by atoms with Crippen LogP contribution < -0.4 is 0 Å². The molecule has 15 heavy (non-hydrogen) atoms. The topological polar surface area (TPSA) is 51.2 Å². The highest BCUT2D eigenvalue weighted by atomic mass is 32.2. The van der Waals surface area contributed by atoms with Crippen molar-refractivity contribution in [2.75, 3.05) is 11.5 Å². The third-order valence-corrected chi connectivity index (χ3v) is 4.54. The average molecular weight is 224 g/mol. The summed E-state index contributed by atoms with van der Waals surface area (Å²) in [6.45, 7) is 0. The number of carbonyl (C=O) groups excluding carboxylic acids is 1. The van der Waals surface area contributed by atoms with Gasteiger partial charge in [0, 0.05) is 5.56 Å². The zero-order valence-corrected chi connectivity index (χ0v) is 9.03. The van der Waals surface area contributed by atoms with E-state index in [4.69, 9.17) is 0 Å². The van der Waals surface area contributed by atoms with E-state index in [2.05, 4.69) is 0 Å². The van der Waals surface area contributed by atoms with Crippen LogP contribution in [0.25, 0.3) is 0 Å². The third kappa shape index (κ3) is 2.26. The van der Waals surface area contributed by atoms with Crippen LogP contribution in [0, 0.1) is 0 Å². The Kier molecular flexibility index (Phi) is 2.61. The standard InChI is InChI=1S/C11H12O3S/c12-7-9-1-3-10(4-2-9)11-5-6-15(13,14)8-11/h1-4,7,11H,5-6,8H2/t11-/m0/s1. The maximum absolute atomic E-state index is 11.3. The Labute approximate surface area is 89.0 Å². The van der Waals surface area contributed by atoms with Gasteiger partial charge in [0.25, 0.3) is 0 Å². The van der Waals surface area contributed by atoms with Crippen LogP contribution in [0.15, 0.2) is 24.3 Å². The van der Waals surface area contributed by atoms with Gasteiger partial charge >= 0.3 is 0 Å². The second-order valence-corrected chi connectivity index (χ2v) is 6.11. The molecule has 0 amide bonds. The smallest absolute Gasteiger partial charge is 0.150 e. The molecule has 0 aliphatic carbocycles. The monoisotopic (exact) mass is 224 g/mol. The van der Waals surface area contributed by atoms with Crippen LogP contribution in [0.2, 0.25) is 0 Å². The van der Waals surface area contributed by atoms with Crippen LogP contribution in [-0.2, 0) is 9.84 Å². The highest BCUT2D eigenvalue weighted by Crippen LogP contribution is 2.28. The molecule has 80 valence electrons. The first-order valence-electron chi connectivity index (χ1n) is 4.86. The molecule has 0 spiro atoms. The van der Waals surface area contributed by atoms with Crippen LogP contribution in [0.3, 0.4) is 0 Å². The van der Waals surface area contributed by atoms with Gasteiger partial charge in [-0.2, -0.15) is 0 Å². The van der Waals surface area contributed by atoms with Gasteiger partial charge in [0.15, 0.2) is 9.84 Å². The fraction of sp³-hybridized carbons (Fsp3) is 0.364. The van der Waals surface area contributed by atoms with E-state index in [1.165, 1.54) is 0 Å². The number of rotatable bonds is 2. The molecule has 1 aliphatic heterocycles. The molecule has 2 rings (SSSR count). The summed E-state index contributed by atoms with van der Waals surface area (Å²) >= 11 is 0. The molecular formula is C11H12O3S. The normalized spacial score (nSPS) is 23.9. The molecule has 1 aromatic rings. The number of carbonyl (C=O) groups is 1. The van der Waals surface area contributed by atoms with E-state index in [9.17, 15) is 13.2 Å². The summed E-state index contributed by atoms with van der Waals surface area (Å²) in [7, 11) is -2.83. The average Bonchev–Trinajstić information content (AvgIpc) is 2.59. The Morgan fingerprint density at radius 1 is 1.20 bits per heavy atom. The Morgan fingerprint density at radius 2 is 1.87 bits per heavy atom. The van der Waals surface area contributed by atoms with Crippen molar-refractivity contribution in [3.63, 3.8) is 0 Å². The van der Waals surface area contributed by atoms with Crippen LogP contribution in [-0.4, -0.2) is 26.2 Å². The van der Waals surface area contributed by atoms with Gasteiger partial charge in [0.2, 0.25) is 0 Å². The molecule has 0 saturated carbocycles. The van der Waals surface area contributed by atoms with E-state index >= 15 is 0 Å². The predicted molar refractivity (Wildman–Crippen MR) is 57.8 cm³/mol. The highest BCUT2D eigenvalue weighted by molar-refractivity contribution is 7.91. The molecule has 3 nitrogen and oxygen atoms in total. The van der Waals surface area contributed by atoms with E-state index in [0.717, 1.165) is 11.8 Å². The maximum Gasteiger partial charge on any atom is 0.150 e. The highest BCUT2D eigenvalue weighted by Gasteiger charge is 2.28. The summed E-state index contributed by atoms with van der Waals surface area (Å²) in [6, 6.07) is 7.14. The summed E-state index contributed by atoms with van der Waals surface area (Å²) < 4.78 is 22.6. The molecular weight excluding hydrogens is 212 g/mol. The molecule has 0 unspecified atom stereocenters. The Bertz CT molecular complexity index is 459. The lowest BCUT2D eigenvalue weighted by Crippen LogP contribution is -2.03. The zero-order chi connectivity index (χ0) is 10.9. The minimum absolute atomic E-state index is 0.107. The van der Waals surface area contributed by atoms with Crippen LogP contribution in [0.4, 0.5) is 0 Å². The molecule has 1 heterocycles. The summed E-state index contributed by atoms with van der Waals surface area (Å²) in [6.07, 6.45) is 1.48. The number of hydrogen-bond donors (Lipinski definition) is 0. The molecule has 1 saturated heterocycles.